The monoisotopic (exact) mass is 136 g/mol. The van der Waals surface area contributed by atoms with E-state index in [1.165, 1.54) is 32.8 Å². The Labute approximate surface area is 62.4 Å². The molecule has 0 saturated carbocycles. The summed E-state index contributed by atoms with van der Waals surface area (Å²) in [6, 6.07) is 0. The van der Waals surface area contributed by atoms with Crippen LogP contribution >= 0.6 is 0 Å². The molecule has 3 fully saturated rings. The Kier molecular flexibility index (Phi) is 1.01. The molecule has 0 aliphatic carbocycles. The molecule has 0 aromatic rings. The van der Waals surface area contributed by atoms with Crippen LogP contribution in [0.25, 0.3) is 0 Å². The van der Waals surface area contributed by atoms with Crippen molar-refractivity contribution in [2.24, 2.45) is 11.8 Å². The second kappa shape index (κ2) is 1.79. The summed E-state index contributed by atoms with van der Waals surface area (Å²) in [6.07, 6.45) is 7.05. The molecular weight excluding hydrogens is 123 g/mol. The van der Waals surface area contributed by atoms with Crippen LogP contribution in [0.1, 0.15) is 12.8 Å². The molecule has 10 heavy (non-hydrogen) atoms. The van der Waals surface area contributed by atoms with E-state index in [0.29, 0.717) is 12.2 Å². The lowest BCUT2D eigenvalue weighted by atomic mass is 9.75. The first-order chi connectivity index (χ1) is 4.95. The summed E-state index contributed by atoms with van der Waals surface area (Å²) < 4.78 is 5.84. The van der Waals surface area contributed by atoms with Crippen molar-refractivity contribution in [1.29, 1.82) is 0 Å². The van der Waals surface area contributed by atoms with Gasteiger partial charge in [-0.05, 0) is 24.7 Å². The number of ether oxygens (including phenoxy) is 1. The smallest absolute Gasteiger partial charge is 0.121 e. The van der Waals surface area contributed by atoms with E-state index in [1.807, 2.05) is 0 Å². The zero-order chi connectivity index (χ0) is 6.55. The molecule has 4 atom stereocenters. The maximum absolute atomic E-state index is 5.84. The molecule has 3 saturated heterocycles. The van der Waals surface area contributed by atoms with Crippen molar-refractivity contribution in [3.05, 3.63) is 0 Å². The molecule has 2 bridgehead atoms. The van der Waals surface area contributed by atoms with Gasteiger partial charge in [0.2, 0.25) is 0 Å². The van der Waals surface area contributed by atoms with Gasteiger partial charge in [-0.1, -0.05) is 12.6 Å². The SMILES string of the molecule is B1CC2C3CCC(O3)C2C1. The van der Waals surface area contributed by atoms with E-state index in [1.54, 1.807) is 0 Å². The molecule has 0 aromatic heterocycles. The topological polar surface area (TPSA) is 9.23 Å². The highest BCUT2D eigenvalue weighted by molar-refractivity contribution is 6.36. The largest absolute Gasteiger partial charge is 0.374 e. The Hall–Kier alpha value is 0.0249. The highest BCUT2D eigenvalue weighted by Crippen LogP contribution is 2.50. The van der Waals surface area contributed by atoms with Crippen molar-refractivity contribution in [3.63, 3.8) is 0 Å². The zero-order valence-corrected chi connectivity index (χ0v) is 6.25. The van der Waals surface area contributed by atoms with Crippen LogP contribution in [-0.2, 0) is 4.74 Å². The maximum atomic E-state index is 5.84. The van der Waals surface area contributed by atoms with Crippen LogP contribution < -0.4 is 0 Å². The number of hydrogen-bond acceptors (Lipinski definition) is 1. The van der Waals surface area contributed by atoms with E-state index in [0.717, 1.165) is 11.8 Å². The Balaban J connectivity index is 1.92. The van der Waals surface area contributed by atoms with Crippen molar-refractivity contribution in [1.82, 2.24) is 0 Å². The third-order valence-electron chi connectivity index (χ3n) is 3.67. The van der Waals surface area contributed by atoms with E-state index in [2.05, 4.69) is 0 Å². The van der Waals surface area contributed by atoms with Crippen molar-refractivity contribution in [2.45, 2.75) is 37.7 Å². The van der Waals surface area contributed by atoms with E-state index in [4.69, 9.17) is 4.74 Å². The van der Waals surface area contributed by atoms with Crippen molar-refractivity contribution >= 4 is 7.28 Å². The second-order valence-corrected chi connectivity index (χ2v) is 4.05. The molecule has 3 aliphatic heterocycles. The van der Waals surface area contributed by atoms with Crippen LogP contribution in [0, 0.1) is 11.8 Å². The first-order valence-electron chi connectivity index (χ1n) is 4.60. The van der Waals surface area contributed by atoms with Crippen molar-refractivity contribution in [2.75, 3.05) is 0 Å². The Morgan fingerprint density at radius 3 is 2.20 bits per heavy atom. The van der Waals surface area contributed by atoms with Crippen LogP contribution in [0.3, 0.4) is 0 Å². The van der Waals surface area contributed by atoms with Crippen molar-refractivity contribution in [3.8, 4) is 0 Å². The van der Waals surface area contributed by atoms with Gasteiger partial charge in [0.15, 0.2) is 0 Å². The molecule has 0 amide bonds. The maximum Gasteiger partial charge on any atom is 0.121 e. The second-order valence-electron chi connectivity index (χ2n) is 4.05. The van der Waals surface area contributed by atoms with Crippen LogP contribution in [0.2, 0.25) is 12.6 Å². The van der Waals surface area contributed by atoms with E-state index < -0.39 is 0 Å². The third kappa shape index (κ3) is 0.542. The lowest BCUT2D eigenvalue weighted by Gasteiger charge is -2.20. The molecule has 3 heterocycles. The number of fused-ring (bicyclic) bond motifs is 5. The molecule has 0 N–H and O–H groups in total. The molecule has 2 heteroatoms. The molecule has 0 radical (unpaired) electrons. The van der Waals surface area contributed by atoms with E-state index in [-0.39, 0.29) is 0 Å². The van der Waals surface area contributed by atoms with Crippen LogP contribution in [0.4, 0.5) is 0 Å². The zero-order valence-electron chi connectivity index (χ0n) is 6.25. The molecule has 1 nitrogen and oxygen atoms in total. The van der Waals surface area contributed by atoms with Gasteiger partial charge < -0.3 is 4.74 Å². The molecule has 3 rings (SSSR count). The quantitative estimate of drug-likeness (QED) is 0.452. The van der Waals surface area contributed by atoms with E-state index >= 15 is 0 Å². The lowest BCUT2D eigenvalue weighted by molar-refractivity contribution is 0.0886. The summed E-state index contributed by atoms with van der Waals surface area (Å²) in [5.74, 6) is 1.97. The van der Waals surface area contributed by atoms with Gasteiger partial charge in [-0.3, -0.25) is 0 Å². The van der Waals surface area contributed by atoms with Gasteiger partial charge in [-0.15, -0.1) is 0 Å². The Morgan fingerprint density at radius 1 is 1.00 bits per heavy atom. The highest BCUT2D eigenvalue weighted by atomic mass is 16.5. The van der Waals surface area contributed by atoms with Gasteiger partial charge in [0, 0.05) is 0 Å². The number of rotatable bonds is 0. The summed E-state index contributed by atoms with van der Waals surface area (Å²) in [7, 11) is 1.48. The van der Waals surface area contributed by atoms with Crippen LogP contribution in [0.15, 0.2) is 0 Å². The number of hydrogen-bond donors (Lipinski definition) is 0. The minimum absolute atomic E-state index is 0.692. The molecule has 0 aromatic carbocycles. The average molecular weight is 136 g/mol. The summed E-state index contributed by atoms with van der Waals surface area (Å²) in [4.78, 5) is 0. The van der Waals surface area contributed by atoms with Gasteiger partial charge in [0.1, 0.15) is 7.28 Å². The van der Waals surface area contributed by atoms with Gasteiger partial charge in [-0.25, -0.2) is 0 Å². The van der Waals surface area contributed by atoms with Crippen LogP contribution in [-0.4, -0.2) is 19.5 Å². The predicted octanol–water partition coefficient (Wildman–Crippen LogP) is 1.07. The molecular formula is C8H13BO. The molecule has 3 aliphatic rings. The van der Waals surface area contributed by atoms with Crippen LogP contribution in [0.5, 0.6) is 0 Å². The van der Waals surface area contributed by atoms with Gasteiger partial charge in [-0.2, -0.15) is 0 Å². The molecule has 4 unspecified atom stereocenters. The normalized spacial score (nSPS) is 56.8. The third-order valence-corrected chi connectivity index (χ3v) is 3.67. The Morgan fingerprint density at radius 2 is 1.60 bits per heavy atom. The first kappa shape index (κ1) is 5.65. The summed E-state index contributed by atoms with van der Waals surface area (Å²) >= 11 is 0. The van der Waals surface area contributed by atoms with Gasteiger partial charge in [0.05, 0.1) is 12.2 Å². The van der Waals surface area contributed by atoms with Gasteiger partial charge in [0.25, 0.3) is 0 Å². The molecule has 0 spiro atoms. The summed E-state index contributed by atoms with van der Waals surface area (Å²) in [6.45, 7) is 0. The first-order valence-corrected chi connectivity index (χ1v) is 4.60. The Bertz CT molecular complexity index is 143. The fourth-order valence-electron chi connectivity index (χ4n) is 3.26. The van der Waals surface area contributed by atoms with E-state index in [9.17, 15) is 0 Å². The standard InChI is InChI=1S/C8H13BO/c1-2-8-6-4-9-3-5(6)7(1)10-8/h5-9H,1-4H2. The lowest BCUT2D eigenvalue weighted by Crippen LogP contribution is -2.21. The van der Waals surface area contributed by atoms with Crippen molar-refractivity contribution < 1.29 is 4.74 Å². The minimum atomic E-state index is 0.692. The minimum Gasteiger partial charge on any atom is -0.374 e. The fraction of sp³-hybridized carbons (Fsp3) is 1.00. The predicted molar refractivity (Wildman–Crippen MR) is 41.6 cm³/mol. The molecule has 54 valence electrons. The average Bonchev–Trinajstić information content (AvgIpc) is 2.60. The van der Waals surface area contributed by atoms with Gasteiger partial charge >= 0.3 is 0 Å². The fourth-order valence-corrected chi connectivity index (χ4v) is 3.26. The summed E-state index contributed by atoms with van der Waals surface area (Å²) in [5, 5.41) is 0. The summed E-state index contributed by atoms with van der Waals surface area (Å²) in [5.41, 5.74) is 0. The highest BCUT2D eigenvalue weighted by Gasteiger charge is 2.50.